The summed E-state index contributed by atoms with van der Waals surface area (Å²) in [5, 5.41) is 4.03. The predicted octanol–water partition coefficient (Wildman–Crippen LogP) is 5.02. The van der Waals surface area contributed by atoms with Gasteiger partial charge in [-0.2, -0.15) is 0 Å². The van der Waals surface area contributed by atoms with Gasteiger partial charge in [-0.3, -0.25) is 9.59 Å². The predicted molar refractivity (Wildman–Crippen MR) is 110 cm³/mol. The number of nitrogens with one attached hydrogen (secondary N) is 1. The number of aryl methyl sites for hydroxylation is 1. The van der Waals surface area contributed by atoms with E-state index in [0.717, 1.165) is 11.3 Å². The standard InChI is InChI=1S/C21H18Cl2N2O3/c1-12-8-9-15-16(22)10-17(23)21(20(15)24-12)28-19(27)11-18(25-13(2)26)14-6-4-3-5-7-14/h3-10,18H,11H2,1-2H3,(H,25,26)/t18-/m0/s1. The van der Waals surface area contributed by atoms with Crippen LogP contribution in [0.5, 0.6) is 5.75 Å². The van der Waals surface area contributed by atoms with E-state index in [9.17, 15) is 9.59 Å². The molecule has 0 aliphatic rings. The summed E-state index contributed by atoms with van der Waals surface area (Å²) >= 11 is 12.5. The summed E-state index contributed by atoms with van der Waals surface area (Å²) in [6.45, 7) is 3.22. The number of halogens is 2. The van der Waals surface area contributed by atoms with E-state index in [2.05, 4.69) is 10.3 Å². The SMILES string of the molecule is CC(=O)N[C@@H](CC(=O)Oc1c(Cl)cc(Cl)c2ccc(C)nc12)c1ccccc1. The highest BCUT2D eigenvalue weighted by molar-refractivity contribution is 6.39. The van der Waals surface area contributed by atoms with Gasteiger partial charge in [0.25, 0.3) is 0 Å². The third kappa shape index (κ3) is 4.61. The lowest BCUT2D eigenvalue weighted by Crippen LogP contribution is -2.29. The Bertz CT molecular complexity index is 1040. The molecule has 0 aliphatic heterocycles. The largest absolute Gasteiger partial charge is 0.423 e. The summed E-state index contributed by atoms with van der Waals surface area (Å²) in [6.07, 6.45) is -0.0597. The summed E-state index contributed by atoms with van der Waals surface area (Å²) in [5.41, 5.74) is 1.96. The zero-order valence-electron chi connectivity index (χ0n) is 15.3. The van der Waals surface area contributed by atoms with Crippen molar-refractivity contribution >= 4 is 46.0 Å². The molecule has 3 rings (SSSR count). The van der Waals surface area contributed by atoms with Gasteiger partial charge in [0, 0.05) is 18.0 Å². The Hall–Kier alpha value is -2.63. The number of esters is 1. The molecule has 0 unspecified atom stereocenters. The van der Waals surface area contributed by atoms with E-state index in [1.165, 1.54) is 13.0 Å². The maximum Gasteiger partial charge on any atom is 0.313 e. The molecule has 1 heterocycles. The van der Waals surface area contributed by atoms with Crippen LogP contribution < -0.4 is 10.1 Å². The monoisotopic (exact) mass is 416 g/mol. The van der Waals surface area contributed by atoms with Gasteiger partial charge in [-0.05, 0) is 30.7 Å². The highest BCUT2D eigenvalue weighted by Gasteiger charge is 2.21. The van der Waals surface area contributed by atoms with Crippen LogP contribution in [0.2, 0.25) is 10.0 Å². The molecule has 0 fully saturated rings. The summed E-state index contributed by atoms with van der Waals surface area (Å²) in [6, 6.07) is 13.8. The average Bonchev–Trinajstić information content (AvgIpc) is 2.64. The van der Waals surface area contributed by atoms with Crippen molar-refractivity contribution < 1.29 is 14.3 Å². The molecule has 0 aliphatic carbocycles. The quantitative estimate of drug-likeness (QED) is 0.468. The van der Waals surface area contributed by atoms with E-state index in [0.29, 0.717) is 15.9 Å². The number of amides is 1. The van der Waals surface area contributed by atoms with Crippen molar-refractivity contribution in [3.05, 3.63) is 69.8 Å². The minimum atomic E-state index is -0.545. The van der Waals surface area contributed by atoms with Crippen molar-refractivity contribution in [2.75, 3.05) is 0 Å². The van der Waals surface area contributed by atoms with E-state index in [4.69, 9.17) is 27.9 Å². The molecule has 1 amide bonds. The normalized spacial score (nSPS) is 11.9. The third-order valence-electron chi connectivity index (χ3n) is 4.14. The fourth-order valence-corrected chi connectivity index (χ4v) is 3.45. The molecule has 5 nitrogen and oxygen atoms in total. The molecule has 28 heavy (non-hydrogen) atoms. The van der Waals surface area contributed by atoms with Gasteiger partial charge in [0.1, 0.15) is 5.52 Å². The Morgan fingerprint density at radius 2 is 1.82 bits per heavy atom. The lowest BCUT2D eigenvalue weighted by Gasteiger charge is -2.18. The second kappa shape index (κ2) is 8.59. The van der Waals surface area contributed by atoms with E-state index < -0.39 is 12.0 Å². The molecule has 1 atom stereocenters. The van der Waals surface area contributed by atoms with Crippen LogP contribution in [0.3, 0.4) is 0 Å². The highest BCUT2D eigenvalue weighted by Crippen LogP contribution is 2.37. The molecule has 144 valence electrons. The smallest absolute Gasteiger partial charge is 0.313 e. The Morgan fingerprint density at radius 1 is 1.11 bits per heavy atom. The van der Waals surface area contributed by atoms with Crippen molar-refractivity contribution in [2.45, 2.75) is 26.3 Å². The van der Waals surface area contributed by atoms with Crippen LogP contribution in [0, 0.1) is 6.92 Å². The van der Waals surface area contributed by atoms with E-state index in [1.807, 2.05) is 43.3 Å². The fraction of sp³-hybridized carbons (Fsp3) is 0.190. The van der Waals surface area contributed by atoms with Crippen molar-refractivity contribution in [3.8, 4) is 5.75 Å². The van der Waals surface area contributed by atoms with Gasteiger partial charge < -0.3 is 10.1 Å². The van der Waals surface area contributed by atoms with Crippen LogP contribution >= 0.6 is 23.2 Å². The molecule has 3 aromatic rings. The number of ether oxygens (including phenoxy) is 1. The number of benzene rings is 2. The van der Waals surface area contributed by atoms with Gasteiger partial charge in [0.05, 0.1) is 22.5 Å². The number of hydrogen-bond donors (Lipinski definition) is 1. The maximum absolute atomic E-state index is 12.7. The fourth-order valence-electron chi connectivity index (χ4n) is 2.89. The zero-order chi connectivity index (χ0) is 20.3. The van der Waals surface area contributed by atoms with E-state index in [1.54, 1.807) is 6.07 Å². The molecule has 0 saturated heterocycles. The lowest BCUT2D eigenvalue weighted by atomic mass is 10.0. The van der Waals surface area contributed by atoms with Crippen LogP contribution in [-0.4, -0.2) is 16.9 Å². The van der Waals surface area contributed by atoms with Crippen molar-refractivity contribution in [2.24, 2.45) is 0 Å². The number of nitrogens with zero attached hydrogens (tertiary/aromatic N) is 1. The van der Waals surface area contributed by atoms with E-state index in [-0.39, 0.29) is 23.1 Å². The van der Waals surface area contributed by atoms with Gasteiger partial charge >= 0.3 is 5.97 Å². The minimum absolute atomic E-state index is 0.0597. The summed E-state index contributed by atoms with van der Waals surface area (Å²) in [7, 11) is 0. The molecule has 1 N–H and O–H groups in total. The minimum Gasteiger partial charge on any atom is -0.423 e. The van der Waals surface area contributed by atoms with Gasteiger partial charge in [0.15, 0.2) is 5.75 Å². The van der Waals surface area contributed by atoms with Crippen molar-refractivity contribution in [1.82, 2.24) is 10.3 Å². The number of carbonyl (C=O) groups is 2. The molecule has 0 bridgehead atoms. The van der Waals surface area contributed by atoms with Gasteiger partial charge in [-0.1, -0.05) is 53.5 Å². The Kier molecular flexibility index (Phi) is 6.17. The number of carbonyl (C=O) groups excluding carboxylic acids is 2. The van der Waals surface area contributed by atoms with Crippen LogP contribution in [0.1, 0.15) is 30.6 Å². The molecule has 7 heteroatoms. The zero-order valence-corrected chi connectivity index (χ0v) is 16.8. The second-order valence-electron chi connectivity index (χ2n) is 6.36. The molecule has 0 spiro atoms. The second-order valence-corrected chi connectivity index (χ2v) is 7.17. The van der Waals surface area contributed by atoms with Crippen molar-refractivity contribution in [1.29, 1.82) is 0 Å². The molecule has 2 aromatic carbocycles. The van der Waals surface area contributed by atoms with Crippen LogP contribution in [-0.2, 0) is 9.59 Å². The van der Waals surface area contributed by atoms with Gasteiger partial charge in [-0.25, -0.2) is 4.98 Å². The number of aromatic nitrogens is 1. The number of fused-ring (bicyclic) bond motifs is 1. The van der Waals surface area contributed by atoms with Crippen LogP contribution in [0.25, 0.3) is 10.9 Å². The lowest BCUT2D eigenvalue weighted by molar-refractivity contribution is -0.135. The number of pyridine rings is 1. The molecule has 0 saturated carbocycles. The first kappa shape index (κ1) is 20.1. The van der Waals surface area contributed by atoms with Gasteiger partial charge in [-0.15, -0.1) is 0 Å². The van der Waals surface area contributed by atoms with Crippen LogP contribution in [0.15, 0.2) is 48.5 Å². The molecule has 0 radical (unpaired) electrons. The maximum atomic E-state index is 12.7. The van der Waals surface area contributed by atoms with Crippen molar-refractivity contribution in [3.63, 3.8) is 0 Å². The van der Waals surface area contributed by atoms with Crippen LogP contribution in [0.4, 0.5) is 0 Å². The Morgan fingerprint density at radius 3 is 2.50 bits per heavy atom. The highest BCUT2D eigenvalue weighted by atomic mass is 35.5. The molecular weight excluding hydrogens is 399 g/mol. The average molecular weight is 417 g/mol. The number of rotatable bonds is 5. The third-order valence-corrected chi connectivity index (χ3v) is 4.74. The summed E-state index contributed by atoms with van der Waals surface area (Å²) in [4.78, 5) is 28.6. The van der Waals surface area contributed by atoms with E-state index >= 15 is 0 Å². The Labute approximate surface area is 172 Å². The first-order valence-electron chi connectivity index (χ1n) is 8.63. The van der Waals surface area contributed by atoms with Gasteiger partial charge in [0.2, 0.25) is 5.91 Å². The Balaban J connectivity index is 1.90. The molecule has 1 aromatic heterocycles. The summed E-state index contributed by atoms with van der Waals surface area (Å²) in [5.74, 6) is -0.630. The number of hydrogen-bond acceptors (Lipinski definition) is 4. The topological polar surface area (TPSA) is 68.3 Å². The summed E-state index contributed by atoms with van der Waals surface area (Å²) < 4.78 is 5.56. The first-order chi connectivity index (χ1) is 13.3. The first-order valence-corrected chi connectivity index (χ1v) is 9.39. The molecular formula is C21H18Cl2N2O3.